The van der Waals surface area contributed by atoms with Crippen molar-refractivity contribution < 1.29 is 13.5 Å². The molecule has 1 aromatic rings. The smallest absolute Gasteiger partial charge is 0.179 e. The van der Waals surface area contributed by atoms with Crippen molar-refractivity contribution in [1.29, 1.82) is 0 Å². The van der Waals surface area contributed by atoms with E-state index in [-0.39, 0.29) is 17.8 Å². The van der Waals surface area contributed by atoms with Gasteiger partial charge in [-0.25, -0.2) is 8.42 Å². The zero-order valence-corrected chi connectivity index (χ0v) is 12.8. The van der Waals surface area contributed by atoms with Gasteiger partial charge in [-0.05, 0) is 32.0 Å². The quantitative estimate of drug-likeness (QED) is 0.830. The molecule has 1 fully saturated rings. The van der Waals surface area contributed by atoms with Crippen LogP contribution >= 0.6 is 0 Å². The molecule has 0 amide bonds. The zero-order valence-electron chi connectivity index (χ0n) is 12.0. The molecule has 1 saturated carbocycles. The fraction of sp³-hybridized carbons (Fsp3) is 0.600. The molecule has 0 unspecified atom stereocenters. The second-order valence-corrected chi connectivity index (χ2v) is 7.99. The number of hydrogen-bond donors (Lipinski definition) is 1. The fourth-order valence-electron chi connectivity index (χ4n) is 2.72. The van der Waals surface area contributed by atoms with E-state index in [1.54, 1.807) is 24.3 Å². The maximum atomic E-state index is 12.2. The Morgan fingerprint density at radius 3 is 2.40 bits per heavy atom. The Morgan fingerprint density at radius 2 is 1.90 bits per heavy atom. The topological polar surface area (TPSA) is 57.6 Å². The van der Waals surface area contributed by atoms with Gasteiger partial charge < -0.3 is 10.0 Å². The van der Waals surface area contributed by atoms with E-state index >= 15 is 0 Å². The van der Waals surface area contributed by atoms with Crippen LogP contribution in [0.3, 0.4) is 0 Å². The van der Waals surface area contributed by atoms with Gasteiger partial charge in [0, 0.05) is 25.1 Å². The molecule has 0 saturated heterocycles. The van der Waals surface area contributed by atoms with Gasteiger partial charge in [0.15, 0.2) is 9.84 Å². The van der Waals surface area contributed by atoms with Crippen molar-refractivity contribution in [2.24, 2.45) is 5.41 Å². The third-order valence-electron chi connectivity index (χ3n) is 4.20. The number of benzene rings is 1. The number of aliphatic hydroxyl groups excluding tert-OH is 1. The Morgan fingerprint density at radius 1 is 1.25 bits per heavy atom. The SMILES string of the molecule is CN(CCS(=O)(=O)c1ccccc1)CC1(CO)CCC1. The van der Waals surface area contributed by atoms with E-state index in [1.807, 2.05) is 18.0 Å². The van der Waals surface area contributed by atoms with E-state index in [0.717, 1.165) is 25.8 Å². The highest BCUT2D eigenvalue weighted by Gasteiger charge is 2.37. The number of hydrogen-bond acceptors (Lipinski definition) is 4. The number of aliphatic hydroxyl groups is 1. The van der Waals surface area contributed by atoms with Crippen LogP contribution in [-0.4, -0.2) is 50.9 Å². The summed E-state index contributed by atoms with van der Waals surface area (Å²) < 4.78 is 24.4. The van der Waals surface area contributed by atoms with E-state index in [0.29, 0.717) is 11.4 Å². The van der Waals surface area contributed by atoms with Crippen LogP contribution in [-0.2, 0) is 9.84 Å². The van der Waals surface area contributed by atoms with Crippen molar-refractivity contribution in [1.82, 2.24) is 4.90 Å². The van der Waals surface area contributed by atoms with E-state index in [9.17, 15) is 13.5 Å². The lowest BCUT2D eigenvalue weighted by Crippen LogP contribution is -2.44. The molecule has 0 radical (unpaired) electrons. The van der Waals surface area contributed by atoms with Crippen LogP contribution in [0.4, 0.5) is 0 Å². The minimum atomic E-state index is -3.21. The van der Waals surface area contributed by atoms with Gasteiger partial charge in [0.05, 0.1) is 10.6 Å². The lowest BCUT2D eigenvalue weighted by molar-refractivity contribution is 0.0160. The van der Waals surface area contributed by atoms with E-state index in [4.69, 9.17) is 0 Å². The first kappa shape index (κ1) is 15.5. The van der Waals surface area contributed by atoms with Gasteiger partial charge in [-0.3, -0.25) is 0 Å². The molecule has 20 heavy (non-hydrogen) atoms. The summed E-state index contributed by atoms with van der Waals surface area (Å²) in [7, 11) is -1.28. The summed E-state index contributed by atoms with van der Waals surface area (Å²) in [6.45, 7) is 1.47. The molecule has 112 valence electrons. The van der Waals surface area contributed by atoms with Crippen molar-refractivity contribution in [2.45, 2.75) is 24.2 Å². The van der Waals surface area contributed by atoms with E-state index in [1.165, 1.54) is 0 Å². The summed E-state index contributed by atoms with van der Waals surface area (Å²) in [5.41, 5.74) is 0.00522. The summed E-state index contributed by atoms with van der Waals surface area (Å²) in [5.74, 6) is 0.120. The van der Waals surface area contributed by atoms with Gasteiger partial charge >= 0.3 is 0 Å². The van der Waals surface area contributed by atoms with Crippen LogP contribution in [0.5, 0.6) is 0 Å². The average molecular weight is 297 g/mol. The molecule has 0 bridgehead atoms. The van der Waals surface area contributed by atoms with Crippen molar-refractivity contribution >= 4 is 9.84 Å². The third-order valence-corrected chi connectivity index (χ3v) is 5.91. The number of nitrogens with zero attached hydrogens (tertiary/aromatic N) is 1. The van der Waals surface area contributed by atoms with Gasteiger partial charge in [0.2, 0.25) is 0 Å². The molecular weight excluding hydrogens is 274 g/mol. The van der Waals surface area contributed by atoms with Gasteiger partial charge in [-0.2, -0.15) is 0 Å². The van der Waals surface area contributed by atoms with Crippen LogP contribution in [0, 0.1) is 5.41 Å². The van der Waals surface area contributed by atoms with Gasteiger partial charge in [0.25, 0.3) is 0 Å². The molecule has 0 atom stereocenters. The Bertz CT molecular complexity index is 518. The average Bonchev–Trinajstić information content (AvgIpc) is 2.42. The summed E-state index contributed by atoms with van der Waals surface area (Å²) in [4.78, 5) is 2.41. The molecule has 1 aliphatic carbocycles. The Kier molecular flexibility index (Phi) is 4.83. The van der Waals surface area contributed by atoms with Crippen molar-refractivity contribution in [3.05, 3.63) is 30.3 Å². The van der Waals surface area contributed by atoms with Gasteiger partial charge in [-0.1, -0.05) is 24.6 Å². The van der Waals surface area contributed by atoms with Crippen molar-refractivity contribution in [3.8, 4) is 0 Å². The molecule has 0 aliphatic heterocycles. The van der Waals surface area contributed by atoms with Crippen molar-refractivity contribution in [2.75, 3.05) is 32.5 Å². The molecule has 5 heteroatoms. The largest absolute Gasteiger partial charge is 0.396 e. The van der Waals surface area contributed by atoms with Gasteiger partial charge in [0.1, 0.15) is 0 Å². The summed E-state index contributed by atoms with van der Waals surface area (Å²) in [6.07, 6.45) is 3.25. The van der Waals surface area contributed by atoms with Crippen LogP contribution in [0.2, 0.25) is 0 Å². The first-order valence-electron chi connectivity index (χ1n) is 7.05. The van der Waals surface area contributed by atoms with Gasteiger partial charge in [-0.15, -0.1) is 0 Å². The minimum absolute atomic E-state index is 0.00522. The van der Waals surface area contributed by atoms with Crippen LogP contribution in [0.15, 0.2) is 35.2 Å². The molecule has 1 N–H and O–H groups in total. The molecule has 0 aromatic heterocycles. The highest BCUT2D eigenvalue weighted by atomic mass is 32.2. The van der Waals surface area contributed by atoms with Crippen molar-refractivity contribution in [3.63, 3.8) is 0 Å². The standard InChI is InChI=1S/C15H23NO3S/c1-16(12-15(13-17)8-5-9-15)10-11-20(18,19)14-6-3-2-4-7-14/h2-4,6-7,17H,5,8-13H2,1H3. The Labute approximate surface area is 121 Å². The lowest BCUT2D eigenvalue weighted by Gasteiger charge is -2.43. The summed E-state index contributed by atoms with van der Waals surface area (Å²) >= 11 is 0. The normalized spacial score (nSPS) is 17.9. The van der Waals surface area contributed by atoms with Crippen LogP contribution < -0.4 is 0 Å². The van der Waals surface area contributed by atoms with E-state index in [2.05, 4.69) is 0 Å². The Balaban J connectivity index is 1.88. The highest BCUT2D eigenvalue weighted by molar-refractivity contribution is 7.91. The summed E-state index contributed by atoms with van der Waals surface area (Å²) in [6, 6.07) is 8.57. The predicted octanol–water partition coefficient (Wildman–Crippen LogP) is 1.55. The molecular formula is C15H23NO3S. The lowest BCUT2D eigenvalue weighted by atomic mass is 9.69. The first-order chi connectivity index (χ1) is 9.47. The molecule has 0 heterocycles. The molecule has 1 aromatic carbocycles. The fourth-order valence-corrected chi connectivity index (χ4v) is 4.08. The number of sulfone groups is 1. The predicted molar refractivity (Wildman–Crippen MR) is 79.4 cm³/mol. The maximum absolute atomic E-state index is 12.2. The highest BCUT2D eigenvalue weighted by Crippen LogP contribution is 2.40. The molecule has 2 rings (SSSR count). The Hall–Kier alpha value is -0.910. The molecule has 0 spiro atoms. The molecule has 1 aliphatic rings. The second-order valence-electron chi connectivity index (χ2n) is 5.88. The van der Waals surface area contributed by atoms with E-state index < -0.39 is 9.84 Å². The third kappa shape index (κ3) is 3.59. The van der Waals surface area contributed by atoms with Crippen LogP contribution in [0.25, 0.3) is 0 Å². The first-order valence-corrected chi connectivity index (χ1v) is 8.70. The zero-order chi connectivity index (χ0) is 14.6. The maximum Gasteiger partial charge on any atom is 0.179 e. The summed E-state index contributed by atoms with van der Waals surface area (Å²) in [5, 5.41) is 9.45. The molecule has 4 nitrogen and oxygen atoms in total. The number of rotatable bonds is 7. The second kappa shape index (κ2) is 6.24. The minimum Gasteiger partial charge on any atom is -0.396 e. The monoisotopic (exact) mass is 297 g/mol. The van der Waals surface area contributed by atoms with Crippen LogP contribution in [0.1, 0.15) is 19.3 Å².